The summed E-state index contributed by atoms with van der Waals surface area (Å²) in [7, 11) is 0. The first-order chi connectivity index (χ1) is 20.0. The molecule has 0 spiro atoms. The van der Waals surface area contributed by atoms with Gasteiger partial charge in [0.1, 0.15) is 0 Å². The number of carbonyl (C=O) groups excluding carboxylic acids is 1. The molecule has 1 aliphatic heterocycles. The molecule has 3 aromatic carbocycles. The van der Waals surface area contributed by atoms with Crippen LogP contribution in [0.25, 0.3) is 11.1 Å². The summed E-state index contributed by atoms with van der Waals surface area (Å²) in [6, 6.07) is 23.7. The molecule has 8 nitrogen and oxygen atoms in total. The van der Waals surface area contributed by atoms with Gasteiger partial charge < -0.3 is 30.1 Å². The van der Waals surface area contributed by atoms with Crippen LogP contribution in [0.1, 0.15) is 60.3 Å². The number of nitrogens with one attached hydrogen (secondary N) is 1. The highest BCUT2D eigenvalue weighted by atomic mass is 32.2. The molecule has 0 saturated carbocycles. The third-order valence-corrected chi connectivity index (χ3v) is 8.01. The number of carboxylic acids is 1. The van der Waals surface area contributed by atoms with Crippen molar-refractivity contribution in [2.45, 2.75) is 57.3 Å². The molecule has 3 atom stereocenters. The summed E-state index contributed by atoms with van der Waals surface area (Å²) >= 11 is 1.65. The average Bonchev–Trinajstić information content (AvgIpc) is 3.00. The Hall–Kier alpha value is -3.21. The summed E-state index contributed by atoms with van der Waals surface area (Å²) in [6.07, 6.45) is 0.389. The predicted molar refractivity (Wildman–Crippen MR) is 158 cm³/mol. The van der Waals surface area contributed by atoms with E-state index in [0.29, 0.717) is 25.1 Å². The number of aliphatic carboxylic acids is 1. The van der Waals surface area contributed by atoms with Crippen LogP contribution in [0.4, 0.5) is 0 Å². The van der Waals surface area contributed by atoms with E-state index in [-0.39, 0.29) is 44.2 Å². The quantitative estimate of drug-likeness (QED) is 0.197. The van der Waals surface area contributed by atoms with Crippen LogP contribution >= 0.6 is 11.8 Å². The maximum atomic E-state index is 12.2. The van der Waals surface area contributed by atoms with Gasteiger partial charge in [0.25, 0.3) is 0 Å². The second-order valence-corrected chi connectivity index (χ2v) is 11.1. The van der Waals surface area contributed by atoms with Crippen molar-refractivity contribution in [2.75, 3.05) is 18.1 Å². The highest BCUT2D eigenvalue weighted by molar-refractivity contribution is 7.99. The molecule has 0 bridgehead atoms. The average molecular weight is 580 g/mol. The van der Waals surface area contributed by atoms with Crippen LogP contribution in [0.5, 0.6) is 0 Å². The number of hydrogen-bond acceptors (Lipinski definition) is 7. The van der Waals surface area contributed by atoms with Gasteiger partial charge in [-0.1, -0.05) is 72.8 Å². The molecular formula is C32H37NO7S. The fourth-order valence-corrected chi connectivity index (χ4v) is 5.53. The largest absolute Gasteiger partial charge is 0.481 e. The Morgan fingerprint density at radius 3 is 2.34 bits per heavy atom. The van der Waals surface area contributed by atoms with Gasteiger partial charge in [-0.05, 0) is 34.2 Å². The zero-order valence-corrected chi connectivity index (χ0v) is 23.7. The fraction of sp³-hybridized carbons (Fsp3) is 0.375. The number of carbonyl (C=O) groups is 2. The zero-order chi connectivity index (χ0) is 29.0. The molecule has 0 radical (unpaired) electrons. The number of aliphatic hydroxyl groups excluding tert-OH is 2. The van der Waals surface area contributed by atoms with Gasteiger partial charge in [0.05, 0.1) is 25.4 Å². The molecule has 1 heterocycles. The maximum absolute atomic E-state index is 12.2. The number of aliphatic hydroxyl groups is 2. The first kappa shape index (κ1) is 30.7. The number of thioether (sulfide) groups is 1. The van der Waals surface area contributed by atoms with E-state index < -0.39 is 12.3 Å². The van der Waals surface area contributed by atoms with Gasteiger partial charge in [-0.3, -0.25) is 9.59 Å². The Morgan fingerprint density at radius 1 is 0.902 bits per heavy atom. The van der Waals surface area contributed by atoms with Gasteiger partial charge in [-0.25, -0.2) is 0 Å². The summed E-state index contributed by atoms with van der Waals surface area (Å²) in [5, 5.41) is 30.3. The molecular weight excluding hydrogens is 542 g/mol. The van der Waals surface area contributed by atoms with Crippen LogP contribution < -0.4 is 5.32 Å². The van der Waals surface area contributed by atoms with Crippen LogP contribution in [0.3, 0.4) is 0 Å². The van der Waals surface area contributed by atoms with Gasteiger partial charge in [0.2, 0.25) is 5.91 Å². The lowest BCUT2D eigenvalue weighted by Crippen LogP contribution is -2.31. The molecule has 4 N–H and O–H groups in total. The molecule has 3 aromatic rings. The molecule has 0 aromatic heterocycles. The van der Waals surface area contributed by atoms with Crippen molar-refractivity contribution >= 4 is 23.6 Å². The lowest BCUT2D eigenvalue weighted by atomic mass is 9.97. The van der Waals surface area contributed by atoms with Gasteiger partial charge >= 0.3 is 5.97 Å². The Labute approximate surface area is 244 Å². The fourth-order valence-electron chi connectivity index (χ4n) is 4.76. The SMILES string of the molecule is O=C(O)CCCC(=O)NCc1ccccc1-c1ccc(C2OC(CSCCO)CC(c3ccc(CO)cc3)O2)cc1. The zero-order valence-electron chi connectivity index (χ0n) is 22.9. The van der Waals surface area contributed by atoms with Crippen molar-refractivity contribution < 1.29 is 34.4 Å². The summed E-state index contributed by atoms with van der Waals surface area (Å²) in [6.45, 7) is 0.468. The minimum Gasteiger partial charge on any atom is -0.481 e. The van der Waals surface area contributed by atoms with E-state index in [1.165, 1.54) is 0 Å². The van der Waals surface area contributed by atoms with Gasteiger partial charge in [0.15, 0.2) is 6.29 Å². The van der Waals surface area contributed by atoms with Crippen molar-refractivity contribution in [3.05, 3.63) is 95.1 Å². The first-order valence-corrected chi connectivity index (χ1v) is 15.0. The third-order valence-electron chi connectivity index (χ3n) is 6.94. The van der Waals surface area contributed by atoms with E-state index in [0.717, 1.165) is 39.1 Å². The molecule has 3 unspecified atom stereocenters. The molecule has 1 saturated heterocycles. The molecule has 1 fully saturated rings. The summed E-state index contributed by atoms with van der Waals surface area (Å²) < 4.78 is 12.8. The van der Waals surface area contributed by atoms with E-state index in [9.17, 15) is 19.8 Å². The lowest BCUT2D eigenvalue weighted by Gasteiger charge is -2.36. The van der Waals surface area contributed by atoms with Crippen LogP contribution in [0.2, 0.25) is 0 Å². The summed E-state index contributed by atoms with van der Waals surface area (Å²) in [5.41, 5.74) is 5.72. The van der Waals surface area contributed by atoms with Crippen molar-refractivity contribution in [1.29, 1.82) is 0 Å². The smallest absolute Gasteiger partial charge is 0.303 e. The topological polar surface area (TPSA) is 125 Å². The maximum Gasteiger partial charge on any atom is 0.303 e. The van der Waals surface area contributed by atoms with E-state index in [4.69, 9.17) is 14.6 Å². The number of ether oxygens (including phenoxy) is 2. The molecule has 218 valence electrons. The highest BCUT2D eigenvalue weighted by Crippen LogP contribution is 2.39. The third kappa shape index (κ3) is 9.14. The van der Waals surface area contributed by atoms with Crippen LogP contribution in [0.15, 0.2) is 72.8 Å². The molecule has 0 aliphatic carbocycles. The number of rotatable bonds is 14. The van der Waals surface area contributed by atoms with Crippen LogP contribution in [0, 0.1) is 0 Å². The number of carboxylic acid groups (broad SMARTS) is 1. The monoisotopic (exact) mass is 579 g/mol. The van der Waals surface area contributed by atoms with Gasteiger partial charge in [-0.15, -0.1) is 0 Å². The number of hydrogen-bond donors (Lipinski definition) is 4. The van der Waals surface area contributed by atoms with E-state index in [2.05, 4.69) is 5.32 Å². The molecule has 1 aliphatic rings. The highest BCUT2D eigenvalue weighted by Gasteiger charge is 2.32. The second-order valence-electron chi connectivity index (χ2n) is 9.95. The summed E-state index contributed by atoms with van der Waals surface area (Å²) in [5.74, 6) is 0.325. The summed E-state index contributed by atoms with van der Waals surface area (Å²) in [4.78, 5) is 22.9. The molecule has 9 heteroatoms. The van der Waals surface area contributed by atoms with E-state index >= 15 is 0 Å². The van der Waals surface area contributed by atoms with Crippen molar-refractivity contribution in [3.8, 4) is 11.1 Å². The minimum atomic E-state index is -0.904. The van der Waals surface area contributed by atoms with Crippen molar-refractivity contribution in [2.24, 2.45) is 0 Å². The molecule has 4 rings (SSSR count). The Bertz CT molecular complexity index is 1270. The number of amides is 1. The van der Waals surface area contributed by atoms with Crippen LogP contribution in [-0.4, -0.2) is 51.4 Å². The van der Waals surface area contributed by atoms with Gasteiger partial charge in [0, 0.05) is 42.9 Å². The Balaban J connectivity index is 1.46. The van der Waals surface area contributed by atoms with Crippen molar-refractivity contribution in [1.82, 2.24) is 5.32 Å². The Kier molecular flexibility index (Phi) is 11.8. The second kappa shape index (κ2) is 15.7. The van der Waals surface area contributed by atoms with Crippen molar-refractivity contribution in [3.63, 3.8) is 0 Å². The Morgan fingerprint density at radius 2 is 1.63 bits per heavy atom. The minimum absolute atomic E-state index is 0.00734. The van der Waals surface area contributed by atoms with Gasteiger partial charge in [-0.2, -0.15) is 11.8 Å². The molecule has 41 heavy (non-hydrogen) atoms. The van der Waals surface area contributed by atoms with E-state index in [1.54, 1.807) is 11.8 Å². The predicted octanol–water partition coefficient (Wildman–Crippen LogP) is 4.99. The standard InChI is InChI=1S/C32H37NO7S/c34-16-17-41-21-27-18-29(24-10-8-22(20-35)9-11-24)40-32(39-27)25-14-12-23(13-15-25)28-5-2-1-4-26(28)19-33-30(36)6-3-7-31(37)38/h1-2,4-5,8-15,27,29,32,34-35H,3,6-7,16-21H2,(H,33,36)(H,37,38). The van der Waals surface area contributed by atoms with E-state index in [1.807, 2.05) is 72.8 Å². The number of benzene rings is 3. The molecule has 1 amide bonds. The lowest BCUT2D eigenvalue weighted by molar-refractivity contribution is -0.245. The normalized spacial score (nSPS) is 18.6. The first-order valence-electron chi connectivity index (χ1n) is 13.8. The van der Waals surface area contributed by atoms with Crippen LogP contribution in [-0.2, 0) is 32.2 Å².